The zero-order valence-electron chi connectivity index (χ0n) is 14.7. The summed E-state index contributed by atoms with van der Waals surface area (Å²) in [6.07, 6.45) is 7.85. The Balaban J connectivity index is 1.39. The van der Waals surface area contributed by atoms with Crippen molar-refractivity contribution >= 4 is 11.8 Å². The number of piperidine rings is 1. The molecule has 0 spiro atoms. The van der Waals surface area contributed by atoms with Crippen molar-refractivity contribution in [2.75, 3.05) is 32.7 Å². The topological polar surface area (TPSA) is 52.7 Å². The smallest absolute Gasteiger partial charge is 0.251 e. The van der Waals surface area contributed by atoms with E-state index in [0.717, 1.165) is 32.5 Å². The van der Waals surface area contributed by atoms with Crippen LogP contribution in [0.5, 0.6) is 0 Å². The molecule has 0 unspecified atom stereocenters. The van der Waals surface area contributed by atoms with Gasteiger partial charge in [-0.05, 0) is 50.9 Å². The number of hydrogen-bond donors (Lipinski definition) is 1. The van der Waals surface area contributed by atoms with Crippen LogP contribution in [0.3, 0.4) is 0 Å². The molecule has 134 valence electrons. The van der Waals surface area contributed by atoms with E-state index < -0.39 is 0 Å². The van der Waals surface area contributed by atoms with Gasteiger partial charge in [0.15, 0.2) is 0 Å². The van der Waals surface area contributed by atoms with Crippen molar-refractivity contribution in [2.45, 2.75) is 31.7 Å². The van der Waals surface area contributed by atoms with Crippen molar-refractivity contribution in [3.8, 4) is 0 Å². The molecule has 25 heavy (non-hydrogen) atoms. The van der Waals surface area contributed by atoms with Crippen LogP contribution in [-0.2, 0) is 4.79 Å². The first-order chi connectivity index (χ1) is 12.2. The first-order valence-electron chi connectivity index (χ1n) is 9.26. The molecule has 2 heterocycles. The van der Waals surface area contributed by atoms with Gasteiger partial charge >= 0.3 is 0 Å². The van der Waals surface area contributed by atoms with Crippen LogP contribution in [0.25, 0.3) is 0 Å². The molecule has 0 aromatic heterocycles. The third-order valence-corrected chi connectivity index (χ3v) is 5.00. The first-order valence-corrected chi connectivity index (χ1v) is 9.26. The van der Waals surface area contributed by atoms with Crippen LogP contribution in [0, 0.1) is 0 Å². The molecule has 5 nitrogen and oxygen atoms in total. The third kappa shape index (κ3) is 5.16. The van der Waals surface area contributed by atoms with E-state index >= 15 is 0 Å². The Hall–Kier alpha value is -2.14. The Kier molecular flexibility index (Phi) is 6.23. The highest BCUT2D eigenvalue weighted by atomic mass is 16.2. The molecule has 2 aliphatic rings. The predicted octanol–water partition coefficient (Wildman–Crippen LogP) is 2.06. The second kappa shape index (κ2) is 8.81. The summed E-state index contributed by atoms with van der Waals surface area (Å²) in [5, 5.41) is 3.07. The fourth-order valence-electron chi connectivity index (χ4n) is 3.48. The zero-order valence-corrected chi connectivity index (χ0v) is 14.7. The van der Waals surface area contributed by atoms with E-state index in [1.54, 1.807) is 6.08 Å². The van der Waals surface area contributed by atoms with E-state index in [9.17, 15) is 9.59 Å². The van der Waals surface area contributed by atoms with Gasteiger partial charge in [-0.15, -0.1) is 0 Å². The normalized spacial score (nSPS) is 19.4. The Morgan fingerprint density at radius 2 is 1.72 bits per heavy atom. The van der Waals surface area contributed by atoms with Gasteiger partial charge in [0.1, 0.15) is 0 Å². The quantitative estimate of drug-likeness (QED) is 0.834. The molecule has 0 aliphatic carbocycles. The summed E-state index contributed by atoms with van der Waals surface area (Å²) >= 11 is 0. The lowest BCUT2D eigenvalue weighted by molar-refractivity contribution is -0.127. The van der Waals surface area contributed by atoms with Crippen molar-refractivity contribution in [3.63, 3.8) is 0 Å². The van der Waals surface area contributed by atoms with Crippen LogP contribution in [0.4, 0.5) is 0 Å². The number of nitrogens with one attached hydrogen (secondary N) is 1. The summed E-state index contributed by atoms with van der Waals surface area (Å²) in [5.74, 6) is 0.0583. The van der Waals surface area contributed by atoms with Gasteiger partial charge in [0.2, 0.25) is 5.91 Å². The van der Waals surface area contributed by atoms with Gasteiger partial charge in [-0.2, -0.15) is 0 Å². The van der Waals surface area contributed by atoms with Gasteiger partial charge in [-0.1, -0.05) is 24.3 Å². The van der Waals surface area contributed by atoms with Crippen LogP contribution < -0.4 is 5.32 Å². The lowest BCUT2D eigenvalue weighted by Gasteiger charge is -2.31. The van der Waals surface area contributed by atoms with Gasteiger partial charge in [0, 0.05) is 37.3 Å². The summed E-state index contributed by atoms with van der Waals surface area (Å²) in [7, 11) is 0. The minimum absolute atomic E-state index is 0.0316. The van der Waals surface area contributed by atoms with E-state index in [4.69, 9.17) is 0 Å². The number of nitrogens with zero attached hydrogens (tertiary/aromatic N) is 2. The minimum atomic E-state index is -0.0316. The van der Waals surface area contributed by atoms with Crippen molar-refractivity contribution in [2.24, 2.45) is 0 Å². The van der Waals surface area contributed by atoms with Crippen LogP contribution in [0.2, 0.25) is 0 Å². The van der Waals surface area contributed by atoms with Gasteiger partial charge in [-0.3, -0.25) is 14.5 Å². The zero-order chi connectivity index (χ0) is 17.5. The number of carbonyl (C=O) groups excluding carboxylic acids is 2. The average molecular weight is 341 g/mol. The molecule has 2 aliphatic heterocycles. The van der Waals surface area contributed by atoms with Crippen molar-refractivity contribution < 1.29 is 9.59 Å². The minimum Gasteiger partial charge on any atom is -0.349 e. The molecule has 0 atom stereocenters. The van der Waals surface area contributed by atoms with E-state index in [1.165, 1.54) is 12.8 Å². The summed E-state index contributed by atoms with van der Waals surface area (Å²) in [6.45, 7) is 4.56. The second-order valence-corrected chi connectivity index (χ2v) is 6.85. The maximum absolute atomic E-state index is 12.3. The third-order valence-electron chi connectivity index (χ3n) is 5.00. The van der Waals surface area contributed by atoms with Crippen molar-refractivity contribution in [1.29, 1.82) is 0 Å². The van der Waals surface area contributed by atoms with Crippen LogP contribution in [0.15, 0.2) is 42.5 Å². The Morgan fingerprint density at radius 3 is 2.40 bits per heavy atom. The van der Waals surface area contributed by atoms with E-state index in [0.29, 0.717) is 18.7 Å². The first kappa shape index (κ1) is 17.7. The van der Waals surface area contributed by atoms with Crippen LogP contribution in [-0.4, -0.2) is 60.4 Å². The molecule has 0 saturated carbocycles. The number of carbonyl (C=O) groups is 2. The van der Waals surface area contributed by atoms with Crippen LogP contribution in [0.1, 0.15) is 36.0 Å². The molecule has 2 saturated heterocycles. The predicted molar refractivity (Wildman–Crippen MR) is 98.3 cm³/mol. The molecule has 2 fully saturated rings. The van der Waals surface area contributed by atoms with Crippen molar-refractivity contribution in [1.82, 2.24) is 15.1 Å². The van der Waals surface area contributed by atoms with Crippen LogP contribution >= 0.6 is 0 Å². The molecule has 1 N–H and O–H groups in total. The highest BCUT2D eigenvalue weighted by molar-refractivity contribution is 5.94. The average Bonchev–Trinajstić information content (AvgIpc) is 3.16. The summed E-state index contributed by atoms with van der Waals surface area (Å²) < 4.78 is 0. The molecule has 2 amide bonds. The molecule has 0 radical (unpaired) electrons. The summed E-state index contributed by atoms with van der Waals surface area (Å²) in [5.41, 5.74) is 0.686. The largest absolute Gasteiger partial charge is 0.349 e. The second-order valence-electron chi connectivity index (χ2n) is 6.85. The molecule has 0 bridgehead atoms. The molecule has 1 aromatic rings. The highest BCUT2D eigenvalue weighted by Crippen LogP contribution is 2.12. The Bertz CT molecular complexity index is 601. The lowest BCUT2D eigenvalue weighted by atomic mass is 10.0. The van der Waals surface area contributed by atoms with E-state index in [1.807, 2.05) is 41.3 Å². The number of rotatable bonds is 5. The summed E-state index contributed by atoms with van der Waals surface area (Å²) in [4.78, 5) is 28.7. The van der Waals surface area contributed by atoms with Gasteiger partial charge in [0.05, 0.1) is 0 Å². The molecule has 1 aromatic carbocycles. The lowest BCUT2D eigenvalue weighted by Crippen LogP contribution is -2.46. The molecule has 3 rings (SSSR count). The summed E-state index contributed by atoms with van der Waals surface area (Å²) in [6, 6.07) is 9.41. The number of hydrogen-bond acceptors (Lipinski definition) is 3. The number of benzene rings is 1. The Morgan fingerprint density at radius 1 is 1.04 bits per heavy atom. The molecular weight excluding hydrogens is 314 g/mol. The van der Waals surface area contributed by atoms with Gasteiger partial charge in [-0.25, -0.2) is 0 Å². The highest BCUT2D eigenvalue weighted by Gasteiger charge is 2.23. The number of likely N-dealkylation sites (tertiary alicyclic amines) is 2. The monoisotopic (exact) mass is 341 g/mol. The SMILES string of the molecule is O=C(NC1CCN(C(=O)/C=C/CN2CCCC2)CC1)c1ccccc1. The fourth-order valence-corrected chi connectivity index (χ4v) is 3.48. The van der Waals surface area contributed by atoms with E-state index in [2.05, 4.69) is 10.2 Å². The van der Waals surface area contributed by atoms with Gasteiger partial charge < -0.3 is 10.2 Å². The maximum Gasteiger partial charge on any atom is 0.251 e. The Labute approximate surface area is 149 Å². The van der Waals surface area contributed by atoms with E-state index in [-0.39, 0.29) is 17.9 Å². The van der Waals surface area contributed by atoms with Gasteiger partial charge in [0.25, 0.3) is 5.91 Å². The number of amides is 2. The standard InChI is InChI=1S/C20H27N3O2/c24-19(9-6-14-22-12-4-5-13-22)23-15-10-18(11-16-23)21-20(25)17-7-2-1-3-8-17/h1-3,6-9,18H,4-5,10-16H2,(H,21,25)/b9-6+. The fraction of sp³-hybridized carbons (Fsp3) is 0.500. The molecular formula is C20H27N3O2. The maximum atomic E-state index is 12.3. The molecule has 5 heteroatoms. The van der Waals surface area contributed by atoms with Crippen molar-refractivity contribution in [3.05, 3.63) is 48.0 Å².